The highest BCUT2D eigenvalue weighted by Gasteiger charge is 2.17. The van der Waals surface area contributed by atoms with Gasteiger partial charge in [0.2, 0.25) is 5.91 Å². The maximum atomic E-state index is 11.1. The first kappa shape index (κ1) is 12.9. The van der Waals surface area contributed by atoms with Crippen LogP contribution in [0.25, 0.3) is 0 Å². The number of nitrogens with zero attached hydrogens (tertiary/aromatic N) is 2. The third-order valence-corrected chi connectivity index (χ3v) is 3.05. The minimum Gasteiger partial charge on any atom is -0.369 e. The monoisotopic (exact) mass is 249 g/mol. The Balaban J connectivity index is 2.41. The van der Waals surface area contributed by atoms with Gasteiger partial charge in [-0.25, -0.2) is 0 Å². The van der Waals surface area contributed by atoms with Gasteiger partial charge in [0.25, 0.3) is 0 Å². The zero-order valence-electron chi connectivity index (χ0n) is 10.8. The van der Waals surface area contributed by atoms with E-state index < -0.39 is 0 Å². The van der Waals surface area contributed by atoms with Crippen molar-refractivity contribution in [2.45, 2.75) is 13.0 Å². The van der Waals surface area contributed by atoms with Crippen molar-refractivity contribution in [3.8, 4) is 0 Å². The number of nitrogens with two attached hydrogens (primary N) is 1. The maximum Gasteiger partial charge on any atom is 0.221 e. The van der Waals surface area contributed by atoms with Crippen molar-refractivity contribution in [2.24, 2.45) is 5.73 Å². The Morgan fingerprint density at radius 2 is 2.17 bits per heavy atom. The molecule has 0 aromatic heterocycles. The molecule has 2 N–H and O–H groups in total. The van der Waals surface area contributed by atoms with Gasteiger partial charge in [-0.2, -0.15) is 0 Å². The first-order valence-corrected chi connectivity index (χ1v) is 5.94. The molecular weight excluding hydrogens is 230 g/mol. The number of hydrogen-bond donors (Lipinski definition) is 1. The molecule has 0 radical (unpaired) electrons. The molecule has 1 heterocycles. The second-order valence-corrected chi connectivity index (χ2v) is 4.73. The quantitative estimate of drug-likeness (QED) is 0.830. The maximum absolute atomic E-state index is 11.1. The van der Waals surface area contributed by atoms with E-state index in [4.69, 9.17) is 10.5 Å². The van der Waals surface area contributed by atoms with Crippen molar-refractivity contribution < 1.29 is 9.53 Å². The molecule has 18 heavy (non-hydrogen) atoms. The number of benzene rings is 1. The summed E-state index contributed by atoms with van der Waals surface area (Å²) < 4.78 is 5.54. The highest BCUT2D eigenvalue weighted by Crippen LogP contribution is 2.26. The van der Waals surface area contributed by atoms with Gasteiger partial charge in [-0.05, 0) is 24.2 Å². The topological polar surface area (TPSA) is 58.8 Å². The zero-order valence-corrected chi connectivity index (χ0v) is 10.8. The van der Waals surface area contributed by atoms with Crippen molar-refractivity contribution in [1.29, 1.82) is 0 Å². The fraction of sp³-hybridized carbons (Fsp3) is 0.462. The van der Waals surface area contributed by atoms with Crippen LogP contribution in [0.1, 0.15) is 11.1 Å². The number of carbonyl (C=O) groups excluding carboxylic acids is 1. The summed E-state index contributed by atoms with van der Waals surface area (Å²) in [6, 6.07) is 5.96. The SMILES string of the molecule is CN1COCN(C)c2cccc(CC(N)=O)c2C1. The normalized spacial score (nSPS) is 16.9. The second-order valence-electron chi connectivity index (χ2n) is 4.73. The molecule has 5 heteroatoms. The highest BCUT2D eigenvalue weighted by atomic mass is 16.5. The van der Waals surface area contributed by atoms with Gasteiger partial charge in [0.1, 0.15) is 13.5 Å². The summed E-state index contributed by atoms with van der Waals surface area (Å²) in [6.45, 7) is 1.87. The Kier molecular flexibility index (Phi) is 3.84. The summed E-state index contributed by atoms with van der Waals surface area (Å²) >= 11 is 0. The molecule has 1 aromatic rings. The first-order chi connectivity index (χ1) is 8.58. The Bertz CT molecular complexity index is 448. The largest absolute Gasteiger partial charge is 0.369 e. The summed E-state index contributed by atoms with van der Waals surface area (Å²) in [5.41, 5.74) is 8.56. The van der Waals surface area contributed by atoms with E-state index >= 15 is 0 Å². The van der Waals surface area contributed by atoms with E-state index in [0.717, 1.165) is 23.4 Å². The Hall–Kier alpha value is -1.59. The highest BCUT2D eigenvalue weighted by molar-refractivity contribution is 5.78. The number of primary amides is 1. The number of ether oxygens (including phenoxy) is 1. The molecule has 5 nitrogen and oxygen atoms in total. The first-order valence-electron chi connectivity index (χ1n) is 5.94. The van der Waals surface area contributed by atoms with E-state index in [0.29, 0.717) is 13.5 Å². The molecule has 1 aromatic carbocycles. The lowest BCUT2D eigenvalue weighted by atomic mass is 10.0. The second kappa shape index (κ2) is 5.37. The number of fused-ring (bicyclic) bond motifs is 1. The van der Waals surface area contributed by atoms with Gasteiger partial charge in [-0.1, -0.05) is 12.1 Å². The molecule has 0 unspecified atom stereocenters. The van der Waals surface area contributed by atoms with Crippen molar-refractivity contribution in [1.82, 2.24) is 4.90 Å². The molecule has 0 spiro atoms. The lowest BCUT2D eigenvalue weighted by molar-refractivity contribution is -0.117. The smallest absolute Gasteiger partial charge is 0.221 e. The summed E-state index contributed by atoms with van der Waals surface area (Å²) in [6.07, 6.45) is 0.283. The van der Waals surface area contributed by atoms with Gasteiger partial charge >= 0.3 is 0 Å². The number of amides is 1. The average molecular weight is 249 g/mol. The molecular formula is C13H19N3O2. The van der Waals surface area contributed by atoms with E-state index in [-0.39, 0.29) is 12.3 Å². The summed E-state index contributed by atoms with van der Waals surface area (Å²) in [7, 11) is 3.98. The van der Waals surface area contributed by atoms with Gasteiger partial charge in [0.15, 0.2) is 0 Å². The molecule has 0 bridgehead atoms. The van der Waals surface area contributed by atoms with Crippen molar-refractivity contribution in [3.63, 3.8) is 0 Å². The van der Waals surface area contributed by atoms with Crippen LogP contribution in [-0.2, 0) is 22.5 Å². The Labute approximate surface area is 107 Å². The standard InChI is InChI=1S/C13H19N3O2/c1-15-7-11-10(6-13(14)17)4-3-5-12(11)16(2)9-18-8-15/h3-5H,6-9H2,1-2H3,(H2,14,17). The van der Waals surface area contributed by atoms with Crippen LogP contribution in [0.3, 0.4) is 0 Å². The fourth-order valence-corrected chi connectivity index (χ4v) is 2.23. The van der Waals surface area contributed by atoms with Crippen LogP contribution in [0.2, 0.25) is 0 Å². The lowest BCUT2D eigenvalue weighted by Gasteiger charge is -2.30. The van der Waals surface area contributed by atoms with Crippen LogP contribution < -0.4 is 10.6 Å². The van der Waals surface area contributed by atoms with Crippen LogP contribution in [0.15, 0.2) is 18.2 Å². The average Bonchev–Trinajstić information content (AvgIpc) is 2.28. The summed E-state index contributed by atoms with van der Waals surface area (Å²) in [5.74, 6) is -0.299. The minimum absolute atomic E-state index is 0.283. The third kappa shape index (κ3) is 2.80. The van der Waals surface area contributed by atoms with Crippen molar-refractivity contribution in [2.75, 3.05) is 32.5 Å². The molecule has 1 aliphatic rings. The Morgan fingerprint density at radius 3 is 2.89 bits per heavy atom. The van der Waals surface area contributed by atoms with Crippen molar-refractivity contribution >= 4 is 11.6 Å². The van der Waals surface area contributed by atoms with E-state index in [1.54, 1.807) is 0 Å². The molecule has 0 atom stereocenters. The molecule has 1 aliphatic heterocycles. The molecule has 0 aliphatic carbocycles. The van der Waals surface area contributed by atoms with E-state index in [9.17, 15) is 4.79 Å². The van der Waals surface area contributed by atoms with Gasteiger partial charge in [0.05, 0.1) is 6.42 Å². The molecule has 0 fully saturated rings. The molecule has 1 amide bonds. The summed E-state index contributed by atoms with van der Waals surface area (Å²) in [4.78, 5) is 15.3. The number of carbonyl (C=O) groups is 1. The number of hydrogen-bond acceptors (Lipinski definition) is 4. The molecule has 2 rings (SSSR count). The van der Waals surface area contributed by atoms with E-state index in [1.165, 1.54) is 0 Å². The van der Waals surface area contributed by atoms with Crippen LogP contribution in [0, 0.1) is 0 Å². The zero-order chi connectivity index (χ0) is 13.1. The molecule has 0 saturated heterocycles. The minimum atomic E-state index is -0.299. The van der Waals surface area contributed by atoms with E-state index in [2.05, 4.69) is 4.90 Å². The van der Waals surface area contributed by atoms with Crippen LogP contribution >= 0.6 is 0 Å². The number of anilines is 1. The van der Waals surface area contributed by atoms with Gasteiger partial charge in [-0.15, -0.1) is 0 Å². The fourth-order valence-electron chi connectivity index (χ4n) is 2.23. The van der Waals surface area contributed by atoms with Crippen LogP contribution in [0.4, 0.5) is 5.69 Å². The number of rotatable bonds is 2. The van der Waals surface area contributed by atoms with Gasteiger partial charge in [0, 0.05) is 19.3 Å². The predicted molar refractivity (Wildman–Crippen MR) is 70.0 cm³/mol. The van der Waals surface area contributed by atoms with Crippen LogP contribution in [-0.4, -0.2) is 38.4 Å². The van der Waals surface area contributed by atoms with Crippen LogP contribution in [0.5, 0.6) is 0 Å². The van der Waals surface area contributed by atoms with Gasteiger partial charge in [-0.3, -0.25) is 9.69 Å². The Morgan fingerprint density at radius 1 is 1.39 bits per heavy atom. The molecule has 98 valence electrons. The van der Waals surface area contributed by atoms with Gasteiger partial charge < -0.3 is 15.4 Å². The lowest BCUT2D eigenvalue weighted by Crippen LogP contribution is -2.32. The van der Waals surface area contributed by atoms with Crippen molar-refractivity contribution in [3.05, 3.63) is 29.3 Å². The predicted octanol–water partition coefficient (Wildman–Crippen LogP) is 0.528. The third-order valence-electron chi connectivity index (χ3n) is 3.05. The summed E-state index contributed by atoms with van der Waals surface area (Å²) in [5, 5.41) is 0. The van der Waals surface area contributed by atoms with E-state index in [1.807, 2.05) is 37.2 Å². The molecule has 0 saturated carbocycles.